The van der Waals surface area contributed by atoms with Gasteiger partial charge in [-0.15, -0.1) is 12.4 Å². The molecule has 2 nitrogen and oxygen atoms in total. The van der Waals surface area contributed by atoms with Crippen molar-refractivity contribution in [2.75, 3.05) is 20.1 Å². The molecule has 1 aromatic carbocycles. The van der Waals surface area contributed by atoms with Crippen LogP contribution in [0.5, 0.6) is 0 Å². The first kappa shape index (κ1) is 15.5. The second kappa shape index (κ2) is 7.13. The summed E-state index contributed by atoms with van der Waals surface area (Å²) in [4.78, 5) is 2.60. The summed E-state index contributed by atoms with van der Waals surface area (Å²) in [5.41, 5.74) is 2.80. The van der Waals surface area contributed by atoms with Crippen molar-refractivity contribution in [3.05, 3.63) is 35.4 Å². The lowest BCUT2D eigenvalue weighted by molar-refractivity contribution is 0.149. The van der Waals surface area contributed by atoms with Crippen LogP contribution >= 0.6 is 12.4 Å². The summed E-state index contributed by atoms with van der Waals surface area (Å²) in [7, 11) is 2.07. The van der Waals surface area contributed by atoms with Crippen LogP contribution in [0.25, 0.3) is 0 Å². The highest BCUT2D eigenvalue weighted by atomic mass is 35.5. The van der Waals surface area contributed by atoms with Crippen molar-refractivity contribution in [3.63, 3.8) is 0 Å². The molecule has 0 spiro atoms. The molecule has 1 saturated heterocycles. The van der Waals surface area contributed by atoms with Gasteiger partial charge in [0.2, 0.25) is 0 Å². The van der Waals surface area contributed by atoms with Gasteiger partial charge in [0.05, 0.1) is 0 Å². The van der Waals surface area contributed by atoms with Crippen LogP contribution in [0, 0.1) is 6.92 Å². The first-order chi connectivity index (χ1) is 8.20. The molecule has 2 atom stereocenters. The summed E-state index contributed by atoms with van der Waals surface area (Å²) in [6.07, 6.45) is 2.62. The van der Waals surface area contributed by atoms with Gasteiger partial charge < -0.3 is 5.32 Å². The average Bonchev–Trinajstić information content (AvgIpc) is 2.38. The molecule has 1 N–H and O–H groups in total. The molecule has 0 radical (unpaired) electrons. The number of rotatable bonds is 3. The number of nitrogens with one attached hydrogen (secondary N) is 1. The maximum absolute atomic E-state index is 3.41. The molecule has 102 valence electrons. The summed E-state index contributed by atoms with van der Waals surface area (Å²) in [5.74, 6) is 0. The fourth-order valence-electron chi connectivity index (χ4n) is 2.73. The van der Waals surface area contributed by atoms with Crippen molar-refractivity contribution in [1.29, 1.82) is 0 Å². The minimum atomic E-state index is 0. The summed E-state index contributed by atoms with van der Waals surface area (Å²) in [6, 6.07) is 10.1. The molecule has 1 heterocycles. The van der Waals surface area contributed by atoms with Gasteiger partial charge in [0.1, 0.15) is 0 Å². The zero-order valence-corrected chi connectivity index (χ0v) is 12.5. The van der Waals surface area contributed by atoms with Gasteiger partial charge in [-0.25, -0.2) is 0 Å². The molecule has 1 aromatic rings. The molecule has 18 heavy (non-hydrogen) atoms. The number of likely N-dealkylation sites (N-methyl/N-ethyl adjacent to an activating group) is 1. The van der Waals surface area contributed by atoms with Crippen molar-refractivity contribution in [2.24, 2.45) is 0 Å². The Morgan fingerprint density at radius 2 is 2.17 bits per heavy atom. The number of halogens is 1. The minimum absolute atomic E-state index is 0. The van der Waals surface area contributed by atoms with E-state index in [1.807, 2.05) is 0 Å². The third kappa shape index (κ3) is 3.71. The summed E-state index contributed by atoms with van der Waals surface area (Å²) in [6.45, 7) is 6.90. The molecule has 0 aliphatic carbocycles. The quantitative estimate of drug-likeness (QED) is 0.906. The van der Waals surface area contributed by atoms with E-state index in [1.54, 1.807) is 0 Å². The first-order valence-corrected chi connectivity index (χ1v) is 6.68. The lowest BCUT2D eigenvalue weighted by Crippen LogP contribution is -2.45. The Hall–Kier alpha value is -0.570. The Kier molecular flexibility index (Phi) is 6.13. The lowest BCUT2D eigenvalue weighted by Gasteiger charge is -2.37. The molecule has 2 unspecified atom stereocenters. The summed E-state index contributed by atoms with van der Waals surface area (Å²) >= 11 is 0. The van der Waals surface area contributed by atoms with Crippen LogP contribution in [0.1, 0.15) is 36.9 Å². The van der Waals surface area contributed by atoms with E-state index in [9.17, 15) is 0 Å². The highest BCUT2D eigenvalue weighted by molar-refractivity contribution is 5.85. The number of hydrogen-bond acceptors (Lipinski definition) is 2. The zero-order chi connectivity index (χ0) is 12.3. The van der Waals surface area contributed by atoms with Gasteiger partial charge in [0.15, 0.2) is 0 Å². The predicted molar refractivity (Wildman–Crippen MR) is 80.5 cm³/mol. The Morgan fingerprint density at radius 1 is 1.39 bits per heavy atom. The third-order valence-electron chi connectivity index (χ3n) is 3.93. The molecule has 3 heteroatoms. The van der Waals surface area contributed by atoms with Crippen molar-refractivity contribution in [2.45, 2.75) is 38.8 Å². The first-order valence-electron chi connectivity index (χ1n) is 6.68. The Bertz CT molecular complexity index is 367. The largest absolute Gasteiger partial charge is 0.316 e. The van der Waals surface area contributed by atoms with Gasteiger partial charge in [0, 0.05) is 18.6 Å². The average molecular weight is 269 g/mol. The highest BCUT2D eigenvalue weighted by Crippen LogP contribution is 2.24. The van der Waals surface area contributed by atoms with E-state index < -0.39 is 0 Å². The summed E-state index contributed by atoms with van der Waals surface area (Å²) in [5, 5.41) is 3.41. The maximum Gasteiger partial charge on any atom is 0.0320 e. The molecule has 0 bridgehead atoms. The Balaban J connectivity index is 0.00000162. The van der Waals surface area contributed by atoms with Crippen LogP contribution in [0.15, 0.2) is 24.3 Å². The van der Waals surface area contributed by atoms with E-state index in [0.29, 0.717) is 12.1 Å². The van der Waals surface area contributed by atoms with E-state index in [2.05, 4.69) is 55.4 Å². The third-order valence-corrected chi connectivity index (χ3v) is 3.93. The monoisotopic (exact) mass is 268 g/mol. The predicted octanol–water partition coefficient (Wildman–Crippen LogP) is 3.16. The minimum Gasteiger partial charge on any atom is -0.316 e. The van der Waals surface area contributed by atoms with Crippen LogP contribution < -0.4 is 5.32 Å². The number of nitrogens with zero attached hydrogens (tertiary/aromatic N) is 1. The lowest BCUT2D eigenvalue weighted by atomic mass is 9.99. The van der Waals surface area contributed by atoms with Gasteiger partial charge in [0.25, 0.3) is 0 Å². The van der Waals surface area contributed by atoms with E-state index in [1.165, 1.54) is 37.1 Å². The molecule has 2 rings (SSSR count). The van der Waals surface area contributed by atoms with Gasteiger partial charge in [-0.3, -0.25) is 4.90 Å². The van der Waals surface area contributed by atoms with Crippen molar-refractivity contribution in [1.82, 2.24) is 10.2 Å². The standard InChI is InChI=1S/C15H24N2.ClH/c1-12-6-4-7-14(10-12)13(2)17-9-5-8-15(11-17)16-3;/h4,6-7,10,13,15-16H,5,8-9,11H2,1-3H3;1H. The molecule has 1 aliphatic rings. The van der Waals surface area contributed by atoms with E-state index in [4.69, 9.17) is 0 Å². The van der Waals surface area contributed by atoms with Crippen LogP contribution in [0.3, 0.4) is 0 Å². The van der Waals surface area contributed by atoms with Gasteiger partial charge in [-0.2, -0.15) is 0 Å². The number of piperidine rings is 1. The maximum atomic E-state index is 3.41. The van der Waals surface area contributed by atoms with E-state index in [-0.39, 0.29) is 12.4 Å². The van der Waals surface area contributed by atoms with Crippen LogP contribution in [-0.4, -0.2) is 31.1 Å². The number of hydrogen-bond donors (Lipinski definition) is 1. The Labute approximate surface area is 117 Å². The van der Waals surface area contributed by atoms with Crippen LogP contribution in [-0.2, 0) is 0 Å². The molecular weight excluding hydrogens is 244 g/mol. The van der Waals surface area contributed by atoms with Gasteiger partial charge in [-0.1, -0.05) is 29.8 Å². The van der Waals surface area contributed by atoms with Gasteiger partial charge in [-0.05, 0) is 45.8 Å². The topological polar surface area (TPSA) is 15.3 Å². The van der Waals surface area contributed by atoms with Crippen LogP contribution in [0.4, 0.5) is 0 Å². The molecule has 0 aromatic heterocycles. The van der Waals surface area contributed by atoms with E-state index in [0.717, 1.165) is 0 Å². The molecular formula is C15H25ClN2. The SMILES string of the molecule is CNC1CCCN(C(C)c2cccc(C)c2)C1.Cl. The number of likely N-dealkylation sites (tertiary alicyclic amines) is 1. The van der Waals surface area contributed by atoms with Gasteiger partial charge >= 0.3 is 0 Å². The van der Waals surface area contributed by atoms with Crippen LogP contribution in [0.2, 0.25) is 0 Å². The highest BCUT2D eigenvalue weighted by Gasteiger charge is 2.23. The smallest absolute Gasteiger partial charge is 0.0320 e. The fourth-order valence-corrected chi connectivity index (χ4v) is 2.73. The van der Waals surface area contributed by atoms with Crippen molar-refractivity contribution >= 4 is 12.4 Å². The van der Waals surface area contributed by atoms with Crippen molar-refractivity contribution in [3.8, 4) is 0 Å². The Morgan fingerprint density at radius 3 is 2.83 bits per heavy atom. The summed E-state index contributed by atoms with van der Waals surface area (Å²) < 4.78 is 0. The second-order valence-electron chi connectivity index (χ2n) is 5.21. The fraction of sp³-hybridized carbons (Fsp3) is 0.600. The molecule has 1 fully saturated rings. The molecule has 1 aliphatic heterocycles. The zero-order valence-electron chi connectivity index (χ0n) is 11.6. The normalized spacial score (nSPS) is 22.3. The van der Waals surface area contributed by atoms with E-state index >= 15 is 0 Å². The second-order valence-corrected chi connectivity index (χ2v) is 5.21. The molecule has 0 amide bonds. The number of aryl methyl sites for hydroxylation is 1. The number of benzene rings is 1. The van der Waals surface area contributed by atoms with Crippen molar-refractivity contribution < 1.29 is 0 Å². The molecule has 0 saturated carbocycles.